The summed E-state index contributed by atoms with van der Waals surface area (Å²) in [7, 11) is 0. The first-order valence-corrected chi connectivity index (χ1v) is 8.11. The number of carbonyl (C=O) groups is 1. The first kappa shape index (κ1) is 16.3. The first-order chi connectivity index (χ1) is 11.6. The number of anilines is 1. The molecule has 0 radical (unpaired) electrons. The van der Waals surface area contributed by atoms with E-state index >= 15 is 0 Å². The van der Waals surface area contributed by atoms with E-state index in [0.29, 0.717) is 5.02 Å². The lowest BCUT2D eigenvalue weighted by atomic mass is 9.95. The maximum Gasteiger partial charge on any atom is 0.258 e. The van der Waals surface area contributed by atoms with Crippen molar-refractivity contribution in [2.75, 3.05) is 5.32 Å². The van der Waals surface area contributed by atoms with Crippen LogP contribution in [0.4, 0.5) is 5.69 Å². The number of nitrogens with zero attached hydrogens (tertiary/aromatic N) is 1. The van der Waals surface area contributed by atoms with Crippen LogP contribution in [0.3, 0.4) is 0 Å². The Kier molecular flexibility index (Phi) is 4.67. The Labute approximate surface area is 146 Å². The predicted octanol–water partition coefficient (Wildman–Crippen LogP) is 3.88. The number of carbonyl (C=O) groups excluding carboxylic acids is 1. The summed E-state index contributed by atoms with van der Waals surface area (Å²) in [6.07, 6.45) is 4.74. The Morgan fingerprint density at radius 1 is 1.12 bits per heavy atom. The predicted molar refractivity (Wildman–Crippen MR) is 98.2 cm³/mol. The van der Waals surface area contributed by atoms with Crippen LogP contribution in [0.2, 0.25) is 5.02 Å². The summed E-state index contributed by atoms with van der Waals surface area (Å²) in [5, 5.41) is 3.67. The number of hydrogen-bond acceptors (Lipinski definition) is 2. The monoisotopic (exact) mass is 339 g/mol. The van der Waals surface area contributed by atoms with Crippen LogP contribution in [0.1, 0.15) is 18.4 Å². The molecule has 1 amide bonds. The molecule has 0 heterocycles. The van der Waals surface area contributed by atoms with Crippen molar-refractivity contribution in [2.45, 2.75) is 18.3 Å². The molecule has 1 saturated carbocycles. The number of halogens is 1. The minimum absolute atomic E-state index is 0.168. The third-order valence-corrected chi connectivity index (χ3v) is 4.39. The normalized spacial score (nSPS) is 16.1. The van der Waals surface area contributed by atoms with Crippen molar-refractivity contribution in [1.29, 1.82) is 0 Å². The molecular weight excluding hydrogens is 322 g/mol. The van der Waals surface area contributed by atoms with E-state index in [4.69, 9.17) is 17.3 Å². The molecule has 24 heavy (non-hydrogen) atoms. The number of nitrogens with one attached hydrogen (secondary N) is 1. The Morgan fingerprint density at radius 2 is 1.79 bits per heavy atom. The topological polar surface area (TPSA) is 67.5 Å². The number of amidine groups is 1. The van der Waals surface area contributed by atoms with Gasteiger partial charge in [-0.15, -0.1) is 0 Å². The zero-order chi connectivity index (χ0) is 17.0. The molecule has 0 unspecified atom stereocenters. The van der Waals surface area contributed by atoms with Gasteiger partial charge in [0.1, 0.15) is 5.84 Å². The summed E-state index contributed by atoms with van der Waals surface area (Å²) in [6, 6.07) is 17.1. The van der Waals surface area contributed by atoms with Crippen LogP contribution in [-0.2, 0) is 10.2 Å². The zero-order valence-corrected chi connectivity index (χ0v) is 13.8. The molecule has 1 aliphatic rings. The van der Waals surface area contributed by atoms with E-state index in [1.54, 1.807) is 18.3 Å². The molecule has 0 aromatic heterocycles. The van der Waals surface area contributed by atoms with Crippen LogP contribution in [0.25, 0.3) is 0 Å². The van der Waals surface area contributed by atoms with Crippen LogP contribution in [0.15, 0.2) is 71.9 Å². The first-order valence-electron chi connectivity index (χ1n) is 7.73. The number of para-hydroxylation sites is 1. The van der Waals surface area contributed by atoms with Crippen molar-refractivity contribution in [1.82, 2.24) is 0 Å². The summed E-state index contributed by atoms with van der Waals surface area (Å²) in [6.45, 7) is 0. The second-order valence-corrected chi connectivity index (χ2v) is 6.15. The average Bonchev–Trinajstić information content (AvgIpc) is 3.38. The number of hydrogen-bond donors (Lipinski definition) is 2. The van der Waals surface area contributed by atoms with E-state index in [9.17, 15) is 4.79 Å². The highest BCUT2D eigenvalue weighted by Gasteiger charge is 2.52. The lowest BCUT2D eigenvalue weighted by molar-refractivity contribution is -0.120. The number of amides is 1. The molecule has 2 aromatic carbocycles. The van der Waals surface area contributed by atoms with E-state index in [0.717, 1.165) is 24.1 Å². The molecule has 0 atom stereocenters. The highest BCUT2D eigenvalue weighted by atomic mass is 35.5. The van der Waals surface area contributed by atoms with Crippen molar-refractivity contribution in [3.63, 3.8) is 0 Å². The van der Waals surface area contributed by atoms with Crippen molar-refractivity contribution >= 4 is 29.0 Å². The van der Waals surface area contributed by atoms with Crippen molar-refractivity contribution in [3.8, 4) is 0 Å². The van der Waals surface area contributed by atoms with E-state index in [-0.39, 0.29) is 11.7 Å². The van der Waals surface area contributed by atoms with Crippen LogP contribution in [0, 0.1) is 0 Å². The molecule has 0 saturated heterocycles. The Bertz CT molecular complexity index is 795. The van der Waals surface area contributed by atoms with Gasteiger partial charge in [0, 0.05) is 16.9 Å². The number of rotatable bonds is 5. The van der Waals surface area contributed by atoms with Gasteiger partial charge in [-0.05, 0) is 42.7 Å². The van der Waals surface area contributed by atoms with Gasteiger partial charge in [0.2, 0.25) is 0 Å². The van der Waals surface area contributed by atoms with E-state index in [1.165, 1.54) is 0 Å². The third-order valence-electron chi connectivity index (χ3n) is 4.06. The Balaban J connectivity index is 1.69. The highest BCUT2D eigenvalue weighted by Crippen LogP contribution is 2.51. The quantitative estimate of drug-likeness (QED) is 0.641. The largest absolute Gasteiger partial charge is 0.384 e. The molecule has 1 fully saturated rings. The number of nitrogens with two attached hydrogens (primary N) is 1. The summed E-state index contributed by atoms with van der Waals surface area (Å²) in [5.41, 5.74) is 7.01. The number of benzene rings is 2. The number of aliphatic imine (C=N–C) groups is 1. The molecule has 0 bridgehead atoms. The molecular formula is C19H18ClN3O. The van der Waals surface area contributed by atoms with Gasteiger partial charge in [-0.1, -0.05) is 48.0 Å². The molecule has 0 aliphatic heterocycles. The smallest absolute Gasteiger partial charge is 0.258 e. The van der Waals surface area contributed by atoms with Gasteiger partial charge in [-0.3, -0.25) is 4.79 Å². The summed E-state index contributed by atoms with van der Waals surface area (Å²) in [5.74, 6) is -0.0702. The van der Waals surface area contributed by atoms with E-state index in [1.807, 2.05) is 48.5 Å². The van der Waals surface area contributed by atoms with Crippen LogP contribution < -0.4 is 11.1 Å². The molecule has 0 spiro atoms. The van der Waals surface area contributed by atoms with E-state index in [2.05, 4.69) is 10.3 Å². The fourth-order valence-electron chi connectivity index (χ4n) is 2.59. The van der Waals surface area contributed by atoms with Gasteiger partial charge in [0.05, 0.1) is 5.41 Å². The molecule has 2 aromatic rings. The van der Waals surface area contributed by atoms with Crippen molar-refractivity contribution < 1.29 is 4.79 Å². The maximum absolute atomic E-state index is 12.5. The van der Waals surface area contributed by atoms with Gasteiger partial charge in [-0.2, -0.15) is 4.99 Å². The minimum Gasteiger partial charge on any atom is -0.384 e. The van der Waals surface area contributed by atoms with Crippen molar-refractivity contribution in [2.24, 2.45) is 10.7 Å². The van der Waals surface area contributed by atoms with Crippen LogP contribution in [-0.4, -0.2) is 11.7 Å². The Morgan fingerprint density at radius 3 is 2.46 bits per heavy atom. The second kappa shape index (κ2) is 6.89. The standard InChI is InChI=1S/C19H18ClN3O/c20-16-9-5-4-8-15(16)19(11-12-19)18(24)23-17(21)10-13-22-14-6-2-1-3-7-14/h1-10,13,22H,11-12H2,(H2,21,23,24)/b13-10-. The van der Waals surface area contributed by atoms with Gasteiger partial charge in [0.15, 0.2) is 0 Å². The average molecular weight is 340 g/mol. The van der Waals surface area contributed by atoms with Crippen molar-refractivity contribution in [3.05, 3.63) is 77.5 Å². The summed E-state index contributed by atoms with van der Waals surface area (Å²) < 4.78 is 0. The SMILES string of the molecule is NC(/C=C\Nc1ccccc1)=NC(=O)C1(c2ccccc2Cl)CC1. The fraction of sp³-hybridized carbons (Fsp3) is 0.158. The second-order valence-electron chi connectivity index (χ2n) is 5.75. The maximum atomic E-state index is 12.5. The van der Waals surface area contributed by atoms with Gasteiger partial charge >= 0.3 is 0 Å². The lowest BCUT2D eigenvalue weighted by Crippen LogP contribution is -2.22. The molecule has 1 aliphatic carbocycles. The molecule has 5 heteroatoms. The third kappa shape index (κ3) is 3.49. The molecule has 122 valence electrons. The molecule has 4 nitrogen and oxygen atoms in total. The lowest BCUT2D eigenvalue weighted by Gasteiger charge is -2.13. The minimum atomic E-state index is -0.607. The van der Waals surface area contributed by atoms with Gasteiger partial charge in [0.25, 0.3) is 5.91 Å². The van der Waals surface area contributed by atoms with Crippen LogP contribution >= 0.6 is 11.6 Å². The zero-order valence-electron chi connectivity index (χ0n) is 13.1. The Hall–Kier alpha value is -2.59. The summed E-state index contributed by atoms with van der Waals surface area (Å²) >= 11 is 6.22. The summed E-state index contributed by atoms with van der Waals surface area (Å²) in [4.78, 5) is 16.6. The molecule has 3 N–H and O–H groups in total. The fourth-order valence-corrected chi connectivity index (χ4v) is 2.91. The van der Waals surface area contributed by atoms with Gasteiger partial charge < -0.3 is 11.1 Å². The van der Waals surface area contributed by atoms with E-state index < -0.39 is 5.41 Å². The van der Waals surface area contributed by atoms with Crippen LogP contribution in [0.5, 0.6) is 0 Å². The highest BCUT2D eigenvalue weighted by molar-refractivity contribution is 6.32. The van der Waals surface area contributed by atoms with Gasteiger partial charge in [-0.25, -0.2) is 0 Å². The molecule has 3 rings (SSSR count).